The first-order valence-electron chi connectivity index (χ1n) is 7.58. The second kappa shape index (κ2) is 6.64. The summed E-state index contributed by atoms with van der Waals surface area (Å²) in [5, 5.41) is 6.35. The number of nitrogens with zero attached hydrogens (tertiary/aromatic N) is 1. The summed E-state index contributed by atoms with van der Waals surface area (Å²) in [5.74, 6) is 0.0155. The summed E-state index contributed by atoms with van der Waals surface area (Å²) < 4.78 is 0. The second-order valence-corrected chi connectivity index (χ2v) is 5.91. The quantitative estimate of drug-likeness (QED) is 0.751. The third kappa shape index (κ3) is 3.47. The topological polar surface area (TPSA) is 79.5 Å². The van der Waals surface area contributed by atoms with Crippen LogP contribution in [0.3, 0.4) is 0 Å². The Kier molecular flexibility index (Phi) is 4.85. The van der Waals surface area contributed by atoms with Crippen LogP contribution in [0.4, 0.5) is 11.4 Å². The standard InChI is InChI=1S/C17H24N4O/c1-10(2)19-12(4)14(9-18)13-6-5-7-15-17(13)20-11(3)8-16(22)21-15/h5-7,9-11,20H,8,18H2,1-4H3,(H,21,22)/b14-9+,19-12?/t11-/m1/s1. The van der Waals surface area contributed by atoms with E-state index in [1.165, 1.54) is 0 Å². The zero-order chi connectivity index (χ0) is 16.3. The van der Waals surface area contributed by atoms with Crippen molar-refractivity contribution in [2.24, 2.45) is 10.7 Å². The van der Waals surface area contributed by atoms with Crippen molar-refractivity contribution in [1.82, 2.24) is 0 Å². The van der Waals surface area contributed by atoms with Crippen LogP contribution < -0.4 is 16.4 Å². The molecule has 0 aromatic heterocycles. The van der Waals surface area contributed by atoms with Crippen LogP contribution >= 0.6 is 0 Å². The Morgan fingerprint density at radius 3 is 2.82 bits per heavy atom. The highest BCUT2D eigenvalue weighted by atomic mass is 16.1. The van der Waals surface area contributed by atoms with Crippen LogP contribution in [0.25, 0.3) is 5.57 Å². The average Bonchev–Trinajstić information content (AvgIpc) is 2.55. The van der Waals surface area contributed by atoms with Gasteiger partial charge in [-0.1, -0.05) is 12.1 Å². The van der Waals surface area contributed by atoms with Crippen LogP contribution in [0.1, 0.15) is 39.7 Å². The molecule has 0 bridgehead atoms. The molecule has 22 heavy (non-hydrogen) atoms. The molecule has 0 saturated heterocycles. The van der Waals surface area contributed by atoms with Crippen molar-refractivity contribution in [3.63, 3.8) is 0 Å². The van der Waals surface area contributed by atoms with E-state index >= 15 is 0 Å². The molecule has 5 heteroatoms. The second-order valence-electron chi connectivity index (χ2n) is 5.91. The predicted molar refractivity (Wildman–Crippen MR) is 93.2 cm³/mol. The van der Waals surface area contributed by atoms with Gasteiger partial charge in [0, 0.05) is 41.6 Å². The molecule has 0 aliphatic carbocycles. The molecular formula is C17H24N4O. The van der Waals surface area contributed by atoms with Gasteiger partial charge in [-0.3, -0.25) is 9.79 Å². The molecule has 1 aliphatic rings. The van der Waals surface area contributed by atoms with E-state index in [-0.39, 0.29) is 18.0 Å². The van der Waals surface area contributed by atoms with E-state index in [4.69, 9.17) is 5.73 Å². The highest BCUT2D eigenvalue weighted by Gasteiger charge is 2.21. The van der Waals surface area contributed by atoms with Crippen molar-refractivity contribution in [3.8, 4) is 0 Å². The summed E-state index contributed by atoms with van der Waals surface area (Å²) in [4.78, 5) is 16.5. The number of rotatable bonds is 3. The molecule has 0 spiro atoms. The molecule has 0 radical (unpaired) electrons. The van der Waals surface area contributed by atoms with Gasteiger partial charge in [0.05, 0.1) is 11.4 Å². The fourth-order valence-electron chi connectivity index (χ4n) is 2.68. The van der Waals surface area contributed by atoms with Crippen LogP contribution in [0, 0.1) is 0 Å². The van der Waals surface area contributed by atoms with Crippen LogP contribution in [0.15, 0.2) is 29.4 Å². The largest absolute Gasteiger partial charge is 0.404 e. The number of nitrogens with one attached hydrogen (secondary N) is 2. The molecule has 1 amide bonds. The summed E-state index contributed by atoms with van der Waals surface area (Å²) in [6, 6.07) is 6.06. The van der Waals surface area contributed by atoms with E-state index in [0.717, 1.165) is 28.2 Å². The molecule has 1 atom stereocenters. The van der Waals surface area contributed by atoms with Gasteiger partial charge in [0.15, 0.2) is 0 Å². The van der Waals surface area contributed by atoms with Gasteiger partial charge < -0.3 is 16.4 Å². The summed E-state index contributed by atoms with van der Waals surface area (Å²) in [6.45, 7) is 8.01. The third-order valence-electron chi connectivity index (χ3n) is 3.52. The molecule has 1 aromatic rings. The van der Waals surface area contributed by atoms with Gasteiger partial charge in [-0.25, -0.2) is 0 Å². The van der Waals surface area contributed by atoms with E-state index in [9.17, 15) is 4.79 Å². The average molecular weight is 300 g/mol. The lowest BCUT2D eigenvalue weighted by molar-refractivity contribution is -0.116. The maximum atomic E-state index is 11.9. The van der Waals surface area contributed by atoms with E-state index in [0.29, 0.717) is 6.42 Å². The molecular weight excluding hydrogens is 276 g/mol. The lowest BCUT2D eigenvalue weighted by atomic mass is 9.99. The molecule has 5 nitrogen and oxygen atoms in total. The highest BCUT2D eigenvalue weighted by molar-refractivity contribution is 6.24. The maximum Gasteiger partial charge on any atom is 0.226 e. The number of para-hydroxylation sites is 1. The molecule has 1 aromatic carbocycles. The summed E-state index contributed by atoms with van der Waals surface area (Å²) in [7, 11) is 0. The zero-order valence-corrected chi connectivity index (χ0v) is 13.6. The molecule has 0 unspecified atom stereocenters. The number of amides is 1. The van der Waals surface area contributed by atoms with E-state index in [1.807, 2.05) is 45.9 Å². The molecule has 118 valence electrons. The molecule has 1 heterocycles. The fourth-order valence-corrected chi connectivity index (χ4v) is 2.68. The maximum absolute atomic E-state index is 11.9. The first kappa shape index (κ1) is 16.1. The number of carbonyl (C=O) groups excluding carboxylic acids is 1. The Balaban J connectivity index is 2.53. The molecule has 0 saturated carbocycles. The van der Waals surface area contributed by atoms with Crippen molar-refractivity contribution >= 4 is 28.6 Å². The van der Waals surface area contributed by atoms with Crippen molar-refractivity contribution in [3.05, 3.63) is 30.0 Å². The monoisotopic (exact) mass is 300 g/mol. The fraction of sp³-hybridized carbons (Fsp3) is 0.412. The molecule has 4 N–H and O–H groups in total. The summed E-state index contributed by atoms with van der Waals surface area (Å²) in [5.41, 5.74) is 10.3. The van der Waals surface area contributed by atoms with Gasteiger partial charge in [0.1, 0.15) is 0 Å². The predicted octanol–water partition coefficient (Wildman–Crippen LogP) is 3.00. The molecule has 2 rings (SSSR count). The van der Waals surface area contributed by atoms with Gasteiger partial charge in [-0.15, -0.1) is 0 Å². The van der Waals surface area contributed by atoms with E-state index < -0.39 is 0 Å². The normalized spacial score (nSPS) is 19.3. The first-order chi connectivity index (χ1) is 10.4. The van der Waals surface area contributed by atoms with Crippen molar-refractivity contribution < 1.29 is 4.79 Å². The number of hydrogen-bond acceptors (Lipinski definition) is 4. The Hall–Kier alpha value is -2.30. The number of aliphatic imine (C=N–C) groups is 1. The van der Waals surface area contributed by atoms with Gasteiger partial charge >= 0.3 is 0 Å². The Bertz CT molecular complexity index is 632. The van der Waals surface area contributed by atoms with Crippen molar-refractivity contribution in [2.45, 2.75) is 46.2 Å². The van der Waals surface area contributed by atoms with E-state index in [2.05, 4.69) is 15.6 Å². The van der Waals surface area contributed by atoms with Crippen LogP contribution in [-0.4, -0.2) is 23.7 Å². The van der Waals surface area contributed by atoms with Crippen LogP contribution in [0.2, 0.25) is 0 Å². The number of hydrogen-bond donors (Lipinski definition) is 3. The number of fused-ring (bicyclic) bond motifs is 1. The smallest absolute Gasteiger partial charge is 0.226 e. The zero-order valence-electron chi connectivity index (χ0n) is 13.6. The van der Waals surface area contributed by atoms with Gasteiger partial charge in [0.25, 0.3) is 0 Å². The highest BCUT2D eigenvalue weighted by Crippen LogP contribution is 2.34. The SMILES string of the molecule is CC(=NC(C)C)/C(=C\N)c1cccc2c1N[C@H](C)CC(=O)N2. The number of anilines is 2. The third-order valence-corrected chi connectivity index (χ3v) is 3.52. The molecule has 0 fully saturated rings. The first-order valence-corrected chi connectivity index (χ1v) is 7.58. The van der Waals surface area contributed by atoms with Crippen molar-refractivity contribution in [2.75, 3.05) is 10.6 Å². The summed E-state index contributed by atoms with van der Waals surface area (Å²) in [6.07, 6.45) is 2.02. The minimum atomic E-state index is 0.0155. The van der Waals surface area contributed by atoms with Crippen molar-refractivity contribution in [1.29, 1.82) is 0 Å². The Morgan fingerprint density at radius 2 is 2.18 bits per heavy atom. The number of benzene rings is 1. The summed E-state index contributed by atoms with van der Waals surface area (Å²) >= 11 is 0. The molecule has 1 aliphatic heterocycles. The van der Waals surface area contributed by atoms with Gasteiger partial charge in [0.2, 0.25) is 5.91 Å². The van der Waals surface area contributed by atoms with Gasteiger partial charge in [-0.2, -0.15) is 0 Å². The van der Waals surface area contributed by atoms with Crippen LogP contribution in [0.5, 0.6) is 0 Å². The Labute approximate surface area is 131 Å². The lowest BCUT2D eigenvalue weighted by Crippen LogP contribution is -2.19. The lowest BCUT2D eigenvalue weighted by Gasteiger charge is -2.18. The number of allylic oxidation sites excluding steroid dienone is 1. The number of carbonyl (C=O) groups is 1. The minimum absolute atomic E-state index is 0.0155. The van der Waals surface area contributed by atoms with Gasteiger partial charge in [-0.05, 0) is 33.8 Å². The van der Waals surface area contributed by atoms with E-state index in [1.54, 1.807) is 6.20 Å². The Morgan fingerprint density at radius 1 is 1.45 bits per heavy atom. The van der Waals surface area contributed by atoms with Crippen LogP contribution in [-0.2, 0) is 4.79 Å². The number of nitrogens with two attached hydrogens (primary N) is 1. The minimum Gasteiger partial charge on any atom is -0.404 e.